The number of ether oxygens (including phenoxy) is 2. The van der Waals surface area contributed by atoms with E-state index in [1.54, 1.807) is 12.3 Å². The molecule has 2 unspecified atom stereocenters. The van der Waals surface area contributed by atoms with Gasteiger partial charge in [0.15, 0.2) is 0 Å². The van der Waals surface area contributed by atoms with Gasteiger partial charge in [-0.2, -0.15) is 0 Å². The fourth-order valence-corrected chi connectivity index (χ4v) is 5.65. The Morgan fingerprint density at radius 3 is 2.73 bits per heavy atom. The molecule has 1 heterocycles. The number of methoxy groups -OCH3 is 1. The summed E-state index contributed by atoms with van der Waals surface area (Å²) in [6.45, 7) is 9.02. The summed E-state index contributed by atoms with van der Waals surface area (Å²) in [6, 6.07) is 0. The van der Waals surface area contributed by atoms with E-state index < -0.39 is 8.07 Å². The van der Waals surface area contributed by atoms with E-state index in [9.17, 15) is 0 Å². The van der Waals surface area contributed by atoms with Crippen molar-refractivity contribution in [1.82, 2.24) is 0 Å². The van der Waals surface area contributed by atoms with Gasteiger partial charge in [-0.1, -0.05) is 24.8 Å². The quantitative estimate of drug-likeness (QED) is 0.689. The average molecular weight is 226 g/mol. The molecule has 2 aliphatic rings. The Bertz CT molecular complexity index is 278. The van der Waals surface area contributed by atoms with Crippen LogP contribution in [0, 0.1) is 5.92 Å². The Morgan fingerprint density at radius 1 is 1.40 bits per heavy atom. The van der Waals surface area contributed by atoms with E-state index in [2.05, 4.69) is 19.6 Å². The molecule has 0 bridgehead atoms. The normalized spacial score (nSPS) is 31.2. The first kappa shape index (κ1) is 11.4. The Hall–Kier alpha value is -0.123. The summed E-state index contributed by atoms with van der Waals surface area (Å²) < 4.78 is 11.2. The summed E-state index contributed by atoms with van der Waals surface area (Å²) in [5.74, 6) is 0.732. The Labute approximate surface area is 93.7 Å². The molecule has 0 aromatic heterocycles. The second kappa shape index (κ2) is 4.04. The van der Waals surface area contributed by atoms with Crippen molar-refractivity contribution in [3.05, 3.63) is 10.8 Å². The summed E-state index contributed by atoms with van der Waals surface area (Å²) in [7, 11) is 0.620. The molecule has 0 amide bonds. The zero-order valence-corrected chi connectivity index (χ0v) is 11.3. The molecule has 2 atom stereocenters. The largest absolute Gasteiger partial charge is 0.380 e. The van der Waals surface area contributed by atoms with Crippen molar-refractivity contribution in [2.45, 2.75) is 38.6 Å². The molecule has 2 rings (SSSR count). The van der Waals surface area contributed by atoms with Gasteiger partial charge in [0.2, 0.25) is 0 Å². The molecule has 0 spiro atoms. The maximum Gasteiger partial charge on any atom is 0.0867 e. The van der Waals surface area contributed by atoms with Crippen LogP contribution >= 0.6 is 0 Å². The Balaban J connectivity index is 2.24. The highest BCUT2D eigenvalue weighted by Crippen LogP contribution is 2.47. The highest BCUT2D eigenvalue weighted by atomic mass is 28.3. The maximum absolute atomic E-state index is 5.85. The van der Waals surface area contributed by atoms with Crippen molar-refractivity contribution in [2.75, 3.05) is 20.3 Å². The van der Waals surface area contributed by atoms with Gasteiger partial charge < -0.3 is 9.47 Å². The van der Waals surface area contributed by atoms with Crippen LogP contribution in [0.3, 0.4) is 0 Å². The van der Waals surface area contributed by atoms with Crippen LogP contribution in [0.25, 0.3) is 0 Å². The average Bonchev–Trinajstić information content (AvgIpc) is 2.12. The van der Waals surface area contributed by atoms with Gasteiger partial charge in [0.1, 0.15) is 0 Å². The van der Waals surface area contributed by atoms with Gasteiger partial charge in [0.25, 0.3) is 0 Å². The number of fused-ring (bicyclic) bond motifs is 1. The number of hydrogen-bond acceptors (Lipinski definition) is 2. The number of rotatable bonds is 3. The fraction of sp³-hybridized carbons (Fsp3) is 0.833. The zero-order valence-electron chi connectivity index (χ0n) is 10.3. The first-order chi connectivity index (χ1) is 7.05. The third-order valence-corrected chi connectivity index (χ3v) is 5.80. The summed E-state index contributed by atoms with van der Waals surface area (Å²) in [6.07, 6.45) is 2.97. The molecule has 0 aromatic rings. The van der Waals surface area contributed by atoms with E-state index in [4.69, 9.17) is 9.47 Å². The van der Waals surface area contributed by atoms with Crippen LogP contribution in [0.4, 0.5) is 0 Å². The molecule has 15 heavy (non-hydrogen) atoms. The first-order valence-corrected chi connectivity index (χ1v) is 9.39. The highest BCUT2D eigenvalue weighted by molar-refractivity contribution is 6.83. The minimum absolute atomic E-state index is 0.403. The van der Waals surface area contributed by atoms with E-state index in [0.717, 1.165) is 19.1 Å². The molecule has 1 aliphatic carbocycles. The van der Waals surface area contributed by atoms with Gasteiger partial charge >= 0.3 is 0 Å². The van der Waals surface area contributed by atoms with Crippen LogP contribution in [-0.2, 0) is 9.47 Å². The molecule has 3 heteroatoms. The van der Waals surface area contributed by atoms with Gasteiger partial charge in [0, 0.05) is 19.6 Å². The molecule has 86 valence electrons. The van der Waals surface area contributed by atoms with Crippen LogP contribution in [0.2, 0.25) is 19.6 Å². The van der Waals surface area contributed by atoms with E-state index in [0.29, 0.717) is 6.10 Å². The van der Waals surface area contributed by atoms with Crippen LogP contribution in [0.15, 0.2) is 10.8 Å². The lowest BCUT2D eigenvalue weighted by molar-refractivity contribution is -0.0173. The lowest BCUT2D eigenvalue weighted by Crippen LogP contribution is -2.50. The molecule has 2 nitrogen and oxygen atoms in total. The summed E-state index contributed by atoms with van der Waals surface area (Å²) in [5.41, 5.74) is 1.47. The molecule has 1 aliphatic heterocycles. The SMILES string of the molecule is COCC1=C([Si](C)(C)C)C2CCCOC12. The summed E-state index contributed by atoms with van der Waals surface area (Å²) >= 11 is 0. The zero-order chi connectivity index (χ0) is 11.1. The molecule has 1 saturated heterocycles. The lowest BCUT2D eigenvalue weighted by atomic mass is 9.78. The maximum atomic E-state index is 5.85. The molecule has 1 fully saturated rings. The Morgan fingerprint density at radius 2 is 2.13 bits per heavy atom. The van der Waals surface area contributed by atoms with Crippen molar-refractivity contribution < 1.29 is 9.47 Å². The third kappa shape index (κ3) is 1.93. The van der Waals surface area contributed by atoms with E-state index in [1.807, 2.05) is 0 Å². The van der Waals surface area contributed by atoms with Crippen molar-refractivity contribution in [1.29, 1.82) is 0 Å². The lowest BCUT2D eigenvalue weighted by Gasteiger charge is -2.49. The molecule has 0 saturated carbocycles. The second-order valence-corrected chi connectivity index (χ2v) is 10.7. The molecule has 0 aromatic carbocycles. The Kier molecular flexibility index (Phi) is 3.06. The van der Waals surface area contributed by atoms with Crippen molar-refractivity contribution in [3.8, 4) is 0 Å². The smallest absolute Gasteiger partial charge is 0.0867 e. The highest BCUT2D eigenvalue weighted by Gasteiger charge is 2.46. The van der Waals surface area contributed by atoms with Gasteiger partial charge in [-0.15, -0.1) is 0 Å². The van der Waals surface area contributed by atoms with Gasteiger partial charge in [-0.25, -0.2) is 0 Å². The minimum atomic E-state index is -1.16. The molecule has 0 N–H and O–H groups in total. The molecular weight excluding hydrogens is 204 g/mol. The van der Waals surface area contributed by atoms with Crippen molar-refractivity contribution >= 4 is 8.07 Å². The molecular formula is C12H22O2Si. The van der Waals surface area contributed by atoms with Crippen molar-refractivity contribution in [3.63, 3.8) is 0 Å². The minimum Gasteiger partial charge on any atom is -0.380 e. The summed E-state index contributed by atoms with van der Waals surface area (Å²) in [4.78, 5) is 0. The van der Waals surface area contributed by atoms with E-state index in [-0.39, 0.29) is 0 Å². The standard InChI is InChI=1S/C12H22O2Si/c1-13-8-10-11-9(6-5-7-14-11)12(10)15(2,3)4/h9,11H,5-8H2,1-4H3. The predicted octanol–water partition coefficient (Wildman–Crippen LogP) is 2.62. The van der Waals surface area contributed by atoms with Crippen LogP contribution < -0.4 is 0 Å². The van der Waals surface area contributed by atoms with E-state index >= 15 is 0 Å². The van der Waals surface area contributed by atoms with Crippen LogP contribution in [0.5, 0.6) is 0 Å². The fourth-order valence-electron chi connectivity index (χ4n) is 3.07. The van der Waals surface area contributed by atoms with Gasteiger partial charge in [0.05, 0.1) is 20.8 Å². The van der Waals surface area contributed by atoms with Gasteiger partial charge in [-0.3, -0.25) is 0 Å². The summed E-state index contributed by atoms with van der Waals surface area (Å²) in [5, 5.41) is 1.73. The van der Waals surface area contributed by atoms with E-state index in [1.165, 1.54) is 18.4 Å². The first-order valence-electron chi connectivity index (χ1n) is 5.89. The topological polar surface area (TPSA) is 18.5 Å². The third-order valence-electron chi connectivity index (χ3n) is 3.49. The number of hydrogen-bond donors (Lipinski definition) is 0. The van der Waals surface area contributed by atoms with Crippen LogP contribution in [0.1, 0.15) is 12.8 Å². The monoisotopic (exact) mass is 226 g/mol. The predicted molar refractivity (Wildman–Crippen MR) is 64.7 cm³/mol. The van der Waals surface area contributed by atoms with Crippen LogP contribution in [-0.4, -0.2) is 34.5 Å². The van der Waals surface area contributed by atoms with Crippen molar-refractivity contribution in [2.24, 2.45) is 5.92 Å². The second-order valence-electron chi connectivity index (χ2n) is 5.66. The molecule has 0 radical (unpaired) electrons. The van der Waals surface area contributed by atoms with Gasteiger partial charge in [-0.05, 0) is 18.4 Å².